The number of hydrogen-bond donors (Lipinski definition) is 0. The van der Waals surface area contributed by atoms with Crippen molar-refractivity contribution in [1.82, 2.24) is 4.90 Å². The molecule has 1 heterocycles. The number of rotatable bonds is 34. The fourth-order valence-electron chi connectivity index (χ4n) is 6.76. The molecule has 0 aromatic heterocycles. The summed E-state index contributed by atoms with van der Waals surface area (Å²) in [5.74, 6) is -0.328. The maximum absolute atomic E-state index is 6.84. The van der Waals surface area contributed by atoms with E-state index in [0.717, 1.165) is 51.7 Å². The van der Waals surface area contributed by atoms with Gasteiger partial charge >= 0.3 is 0 Å². The van der Waals surface area contributed by atoms with E-state index in [1.165, 1.54) is 148 Å². The average Bonchev–Trinajstić information content (AvgIpc) is 3.08. The number of unbranched alkanes of at least 4 members (excludes halogenated alkanes) is 18. The largest absolute Gasteiger partial charge is 0.350 e. The molecule has 3 heteroatoms. The summed E-state index contributed by atoms with van der Waals surface area (Å²) in [5, 5.41) is 0. The van der Waals surface area contributed by atoms with Crippen LogP contribution in [0.3, 0.4) is 0 Å². The highest BCUT2D eigenvalue weighted by atomic mass is 16.7. The van der Waals surface area contributed by atoms with Crippen molar-refractivity contribution in [2.45, 2.75) is 212 Å². The molecule has 0 bridgehead atoms. The van der Waals surface area contributed by atoms with Gasteiger partial charge in [-0.05, 0) is 117 Å². The quantitative estimate of drug-likeness (QED) is 0.0503. The van der Waals surface area contributed by atoms with Gasteiger partial charge in [-0.25, -0.2) is 0 Å². The van der Waals surface area contributed by atoms with Crippen LogP contribution in [0.1, 0.15) is 200 Å². The summed E-state index contributed by atoms with van der Waals surface area (Å²) in [7, 11) is 4.35. The van der Waals surface area contributed by atoms with Crippen LogP contribution in [-0.4, -0.2) is 44.0 Å². The number of nitrogens with zero attached hydrogens (tertiary/aromatic N) is 1. The Bertz CT molecular complexity index is 734. The van der Waals surface area contributed by atoms with Gasteiger partial charge in [-0.2, -0.15) is 0 Å². The molecule has 1 aliphatic heterocycles. The molecule has 3 nitrogen and oxygen atoms in total. The maximum atomic E-state index is 6.84. The van der Waals surface area contributed by atoms with E-state index in [1.54, 1.807) is 0 Å². The lowest BCUT2D eigenvalue weighted by atomic mass is 9.96. The van der Waals surface area contributed by atoms with Crippen LogP contribution >= 0.6 is 0 Å². The van der Waals surface area contributed by atoms with Crippen molar-refractivity contribution in [1.29, 1.82) is 0 Å². The molecule has 0 radical (unpaired) electrons. The summed E-state index contributed by atoms with van der Waals surface area (Å²) in [6.07, 6.45) is 55.9. The van der Waals surface area contributed by atoms with Crippen molar-refractivity contribution in [2.75, 3.05) is 27.2 Å². The van der Waals surface area contributed by atoms with Crippen molar-refractivity contribution in [3.8, 4) is 0 Å². The lowest BCUT2D eigenvalue weighted by Gasteiger charge is -2.42. The van der Waals surface area contributed by atoms with E-state index < -0.39 is 0 Å². The number of hydrogen-bond acceptors (Lipinski definition) is 3. The highest BCUT2D eigenvalue weighted by molar-refractivity contribution is 4.93. The SMILES string of the molecule is CCCCCC=CCC=CCCCCCCCCC1(CCCCCCCCC=CCC=CCCCCC)OCCC(CCCN(C)C)O1. The zero-order valence-corrected chi connectivity index (χ0v) is 32.9. The minimum atomic E-state index is -0.328. The van der Waals surface area contributed by atoms with Gasteiger partial charge in [0, 0.05) is 12.8 Å². The van der Waals surface area contributed by atoms with Crippen LogP contribution in [-0.2, 0) is 9.47 Å². The normalized spacial score (nSPS) is 19.0. The van der Waals surface area contributed by atoms with Gasteiger partial charge in [-0.15, -0.1) is 0 Å². The molecule has 1 aliphatic rings. The van der Waals surface area contributed by atoms with Gasteiger partial charge in [0.25, 0.3) is 0 Å². The first-order valence-corrected chi connectivity index (χ1v) is 21.2. The van der Waals surface area contributed by atoms with E-state index in [-0.39, 0.29) is 5.79 Å². The van der Waals surface area contributed by atoms with Crippen molar-refractivity contribution in [3.05, 3.63) is 48.6 Å². The van der Waals surface area contributed by atoms with Gasteiger partial charge in [0.1, 0.15) is 0 Å². The second-order valence-electron chi connectivity index (χ2n) is 14.9. The molecular formula is C45H83NO2. The van der Waals surface area contributed by atoms with Gasteiger partial charge in [-0.3, -0.25) is 0 Å². The Kier molecular flexibility index (Phi) is 32.1. The summed E-state index contributed by atoms with van der Waals surface area (Å²) < 4.78 is 13.4. The molecule has 0 aromatic rings. The predicted octanol–water partition coefficient (Wildman–Crippen LogP) is 14.2. The summed E-state index contributed by atoms with van der Waals surface area (Å²) in [4.78, 5) is 2.29. The minimum absolute atomic E-state index is 0.328. The lowest BCUT2D eigenvalue weighted by Crippen LogP contribution is -2.45. The van der Waals surface area contributed by atoms with Crippen molar-refractivity contribution in [3.63, 3.8) is 0 Å². The zero-order valence-electron chi connectivity index (χ0n) is 32.9. The molecule has 0 amide bonds. The van der Waals surface area contributed by atoms with Crippen LogP contribution < -0.4 is 0 Å². The van der Waals surface area contributed by atoms with Gasteiger partial charge in [0.2, 0.25) is 0 Å². The van der Waals surface area contributed by atoms with Gasteiger partial charge in [0.05, 0.1) is 12.7 Å². The van der Waals surface area contributed by atoms with E-state index in [1.807, 2.05) is 0 Å². The first kappa shape index (κ1) is 44.9. The highest BCUT2D eigenvalue weighted by Gasteiger charge is 2.37. The molecule has 0 N–H and O–H groups in total. The van der Waals surface area contributed by atoms with E-state index in [4.69, 9.17) is 9.47 Å². The Hall–Kier alpha value is -1.16. The van der Waals surface area contributed by atoms with Crippen LogP contribution in [0.5, 0.6) is 0 Å². The third-order valence-corrected chi connectivity index (χ3v) is 9.83. The van der Waals surface area contributed by atoms with Gasteiger partial charge < -0.3 is 14.4 Å². The van der Waals surface area contributed by atoms with Gasteiger partial charge in [0.15, 0.2) is 5.79 Å². The van der Waals surface area contributed by atoms with Crippen molar-refractivity contribution >= 4 is 0 Å². The third kappa shape index (κ3) is 28.7. The summed E-state index contributed by atoms with van der Waals surface area (Å²) in [6, 6.07) is 0. The first-order valence-electron chi connectivity index (χ1n) is 21.2. The Morgan fingerprint density at radius 3 is 1.38 bits per heavy atom. The van der Waals surface area contributed by atoms with Gasteiger partial charge in [-0.1, -0.05) is 140 Å². The minimum Gasteiger partial charge on any atom is -0.350 e. The van der Waals surface area contributed by atoms with E-state index in [0.29, 0.717) is 6.10 Å². The average molecular weight is 670 g/mol. The molecule has 0 aliphatic carbocycles. The lowest BCUT2D eigenvalue weighted by molar-refractivity contribution is -0.301. The molecular weight excluding hydrogens is 587 g/mol. The summed E-state index contributed by atoms with van der Waals surface area (Å²) in [5.41, 5.74) is 0. The predicted molar refractivity (Wildman–Crippen MR) is 214 cm³/mol. The molecule has 0 spiro atoms. The molecule has 48 heavy (non-hydrogen) atoms. The second kappa shape index (κ2) is 34.3. The van der Waals surface area contributed by atoms with Crippen molar-refractivity contribution < 1.29 is 9.47 Å². The molecule has 0 aromatic carbocycles. The molecule has 1 rings (SSSR count). The van der Waals surface area contributed by atoms with Crippen LogP contribution in [0, 0.1) is 0 Å². The van der Waals surface area contributed by atoms with E-state index >= 15 is 0 Å². The van der Waals surface area contributed by atoms with Crippen LogP contribution in [0.25, 0.3) is 0 Å². The van der Waals surface area contributed by atoms with Crippen molar-refractivity contribution in [2.24, 2.45) is 0 Å². The fourth-order valence-corrected chi connectivity index (χ4v) is 6.76. The second-order valence-corrected chi connectivity index (χ2v) is 14.9. The molecule has 1 unspecified atom stereocenters. The summed E-state index contributed by atoms with van der Waals surface area (Å²) in [6.45, 7) is 6.56. The Balaban J connectivity index is 2.25. The number of ether oxygens (including phenoxy) is 2. The maximum Gasteiger partial charge on any atom is 0.168 e. The number of allylic oxidation sites excluding steroid dienone is 8. The van der Waals surface area contributed by atoms with Crippen LogP contribution in [0.4, 0.5) is 0 Å². The topological polar surface area (TPSA) is 21.7 Å². The molecule has 0 saturated carbocycles. The smallest absolute Gasteiger partial charge is 0.168 e. The van der Waals surface area contributed by atoms with Crippen LogP contribution in [0.2, 0.25) is 0 Å². The zero-order chi connectivity index (χ0) is 34.6. The molecule has 280 valence electrons. The first-order chi connectivity index (χ1) is 23.6. The van der Waals surface area contributed by atoms with E-state index in [9.17, 15) is 0 Å². The Labute approximate surface area is 301 Å². The molecule has 1 atom stereocenters. The van der Waals surface area contributed by atoms with E-state index in [2.05, 4.69) is 81.5 Å². The Morgan fingerprint density at radius 1 is 0.521 bits per heavy atom. The third-order valence-electron chi connectivity index (χ3n) is 9.83. The standard InChI is InChI=1S/C45H83NO2/c1-5-7-9-11-13-15-17-19-21-23-25-27-29-31-33-35-40-45(47-43-39-44(48-45)38-37-42-46(3)4)41-36-34-32-30-28-26-24-22-20-18-16-14-12-10-8-6-2/h13-16,19-22,44H,5-12,17-18,23-43H2,1-4H3. The molecule has 1 fully saturated rings. The molecule has 1 saturated heterocycles. The summed E-state index contributed by atoms with van der Waals surface area (Å²) >= 11 is 0. The Morgan fingerprint density at radius 2 is 0.938 bits per heavy atom. The fraction of sp³-hybridized carbons (Fsp3) is 0.822. The van der Waals surface area contributed by atoms with Crippen LogP contribution in [0.15, 0.2) is 48.6 Å². The highest BCUT2D eigenvalue weighted by Crippen LogP contribution is 2.35. The monoisotopic (exact) mass is 670 g/mol.